The molecular formula is C11H18N4O. The summed E-state index contributed by atoms with van der Waals surface area (Å²) in [6, 6.07) is 0.0215. The summed E-state index contributed by atoms with van der Waals surface area (Å²) < 4.78 is 0. The fraction of sp³-hybridized carbons (Fsp3) is 0.636. The van der Waals surface area contributed by atoms with Crippen LogP contribution in [-0.2, 0) is 4.79 Å². The Labute approximate surface area is 95.0 Å². The molecule has 0 bridgehead atoms. The molecule has 2 rings (SSSR count). The molecule has 0 saturated carbocycles. The van der Waals surface area contributed by atoms with E-state index < -0.39 is 0 Å². The molecule has 5 heteroatoms. The van der Waals surface area contributed by atoms with Crippen molar-refractivity contribution in [2.24, 2.45) is 5.92 Å². The number of hydrogen-bond donors (Lipinski definition) is 3. The highest BCUT2D eigenvalue weighted by molar-refractivity contribution is 5.79. The van der Waals surface area contributed by atoms with Crippen LogP contribution in [0.4, 0.5) is 0 Å². The number of nitrogens with zero attached hydrogens (tertiary/aromatic N) is 1. The van der Waals surface area contributed by atoms with Gasteiger partial charge in [-0.05, 0) is 26.3 Å². The summed E-state index contributed by atoms with van der Waals surface area (Å²) in [6.07, 6.45) is 5.61. The van der Waals surface area contributed by atoms with Gasteiger partial charge in [-0.3, -0.25) is 9.89 Å². The predicted octanol–water partition coefficient (Wildman–Crippen LogP) is 0.586. The zero-order valence-corrected chi connectivity index (χ0v) is 9.49. The van der Waals surface area contributed by atoms with Crippen LogP contribution in [0.1, 0.15) is 31.4 Å². The van der Waals surface area contributed by atoms with Crippen molar-refractivity contribution in [1.29, 1.82) is 0 Å². The first-order valence-electron chi connectivity index (χ1n) is 5.77. The molecule has 1 aromatic heterocycles. The summed E-state index contributed by atoms with van der Waals surface area (Å²) in [7, 11) is 0. The first-order valence-corrected chi connectivity index (χ1v) is 5.77. The molecule has 0 aromatic carbocycles. The van der Waals surface area contributed by atoms with Gasteiger partial charge in [0.15, 0.2) is 0 Å². The highest BCUT2D eigenvalue weighted by Gasteiger charge is 2.22. The smallest absolute Gasteiger partial charge is 0.224 e. The molecule has 0 aliphatic carbocycles. The molecule has 88 valence electrons. The van der Waals surface area contributed by atoms with E-state index in [-0.39, 0.29) is 17.9 Å². The van der Waals surface area contributed by atoms with Crippen molar-refractivity contribution >= 4 is 5.91 Å². The van der Waals surface area contributed by atoms with Crippen LogP contribution in [0.2, 0.25) is 0 Å². The second-order valence-corrected chi connectivity index (χ2v) is 4.31. The Morgan fingerprint density at radius 1 is 1.69 bits per heavy atom. The summed E-state index contributed by atoms with van der Waals surface area (Å²) in [5.41, 5.74) is 1.01. The van der Waals surface area contributed by atoms with E-state index in [9.17, 15) is 4.79 Å². The van der Waals surface area contributed by atoms with Crippen molar-refractivity contribution < 1.29 is 4.79 Å². The Morgan fingerprint density at radius 3 is 3.19 bits per heavy atom. The van der Waals surface area contributed by atoms with Crippen LogP contribution in [0.25, 0.3) is 0 Å². The fourth-order valence-corrected chi connectivity index (χ4v) is 1.99. The normalized spacial score (nSPS) is 22.7. The van der Waals surface area contributed by atoms with Crippen molar-refractivity contribution in [1.82, 2.24) is 20.8 Å². The topological polar surface area (TPSA) is 69.8 Å². The van der Waals surface area contributed by atoms with Gasteiger partial charge in [-0.25, -0.2) is 0 Å². The van der Waals surface area contributed by atoms with Crippen molar-refractivity contribution in [2.75, 3.05) is 13.1 Å². The Hall–Kier alpha value is -1.36. The lowest BCUT2D eigenvalue weighted by Gasteiger charge is -2.23. The molecule has 5 nitrogen and oxygen atoms in total. The van der Waals surface area contributed by atoms with E-state index in [1.807, 2.05) is 13.1 Å². The number of nitrogens with one attached hydrogen (secondary N) is 3. The monoisotopic (exact) mass is 222 g/mol. The Bertz CT molecular complexity index is 330. The van der Waals surface area contributed by atoms with Gasteiger partial charge in [0.25, 0.3) is 0 Å². The minimum absolute atomic E-state index is 0.0215. The van der Waals surface area contributed by atoms with E-state index in [2.05, 4.69) is 20.8 Å². The van der Waals surface area contributed by atoms with Crippen molar-refractivity contribution in [3.8, 4) is 0 Å². The lowest BCUT2D eigenvalue weighted by molar-refractivity contribution is -0.126. The third-order valence-corrected chi connectivity index (χ3v) is 3.05. The first-order chi connectivity index (χ1) is 7.77. The third kappa shape index (κ3) is 2.61. The molecule has 16 heavy (non-hydrogen) atoms. The lowest BCUT2D eigenvalue weighted by Crippen LogP contribution is -2.41. The molecule has 3 N–H and O–H groups in total. The zero-order valence-electron chi connectivity index (χ0n) is 9.49. The number of aromatic nitrogens is 2. The molecule has 1 aliphatic heterocycles. The molecule has 1 aromatic rings. The number of amides is 1. The van der Waals surface area contributed by atoms with Crippen molar-refractivity contribution in [2.45, 2.75) is 25.8 Å². The molecule has 0 spiro atoms. The summed E-state index contributed by atoms with van der Waals surface area (Å²) in [6.45, 7) is 3.80. The van der Waals surface area contributed by atoms with Gasteiger partial charge in [0.2, 0.25) is 5.91 Å². The van der Waals surface area contributed by atoms with Gasteiger partial charge < -0.3 is 10.6 Å². The largest absolute Gasteiger partial charge is 0.349 e. The third-order valence-electron chi connectivity index (χ3n) is 3.05. The number of piperidine rings is 1. The zero-order chi connectivity index (χ0) is 11.4. The number of aromatic amines is 1. The van der Waals surface area contributed by atoms with Crippen LogP contribution < -0.4 is 10.6 Å². The quantitative estimate of drug-likeness (QED) is 0.701. The van der Waals surface area contributed by atoms with Gasteiger partial charge in [0.05, 0.1) is 18.2 Å². The molecule has 2 unspecified atom stereocenters. The highest BCUT2D eigenvalue weighted by Crippen LogP contribution is 2.14. The molecule has 1 fully saturated rings. The van der Waals surface area contributed by atoms with Crippen LogP contribution in [0.5, 0.6) is 0 Å². The average molecular weight is 222 g/mol. The molecule has 1 aliphatic rings. The average Bonchev–Trinajstić information content (AvgIpc) is 2.83. The van der Waals surface area contributed by atoms with E-state index >= 15 is 0 Å². The number of carbonyl (C=O) groups is 1. The number of rotatable bonds is 3. The minimum atomic E-state index is 0.0215. The molecule has 1 amide bonds. The summed E-state index contributed by atoms with van der Waals surface area (Å²) in [5, 5.41) is 12.9. The minimum Gasteiger partial charge on any atom is -0.349 e. The SMILES string of the molecule is CC(NC(=O)C1CCCNC1)c1cn[nH]c1. The predicted molar refractivity (Wildman–Crippen MR) is 60.7 cm³/mol. The molecule has 2 heterocycles. The maximum absolute atomic E-state index is 11.9. The van der Waals surface area contributed by atoms with E-state index in [0.717, 1.165) is 31.5 Å². The van der Waals surface area contributed by atoms with Gasteiger partial charge in [-0.2, -0.15) is 5.10 Å². The van der Waals surface area contributed by atoms with Crippen LogP contribution >= 0.6 is 0 Å². The molecule has 0 radical (unpaired) electrons. The van der Waals surface area contributed by atoms with Crippen LogP contribution in [-0.4, -0.2) is 29.2 Å². The van der Waals surface area contributed by atoms with Gasteiger partial charge in [-0.15, -0.1) is 0 Å². The molecular weight excluding hydrogens is 204 g/mol. The van der Waals surface area contributed by atoms with Gasteiger partial charge >= 0.3 is 0 Å². The highest BCUT2D eigenvalue weighted by atomic mass is 16.2. The van der Waals surface area contributed by atoms with Crippen molar-refractivity contribution in [3.63, 3.8) is 0 Å². The van der Waals surface area contributed by atoms with Gasteiger partial charge in [-0.1, -0.05) is 0 Å². The molecule has 2 atom stereocenters. The Kier molecular flexibility index (Phi) is 3.56. The number of H-pyrrole nitrogens is 1. The second kappa shape index (κ2) is 5.12. The first kappa shape index (κ1) is 11.1. The standard InChI is InChI=1S/C11H18N4O/c1-8(10-6-13-14-7-10)15-11(16)9-3-2-4-12-5-9/h6-9,12H,2-5H2,1H3,(H,13,14)(H,15,16). The van der Waals surface area contributed by atoms with E-state index in [4.69, 9.17) is 0 Å². The fourth-order valence-electron chi connectivity index (χ4n) is 1.99. The van der Waals surface area contributed by atoms with E-state index in [0.29, 0.717) is 0 Å². The van der Waals surface area contributed by atoms with Gasteiger partial charge in [0.1, 0.15) is 0 Å². The maximum atomic E-state index is 11.9. The second-order valence-electron chi connectivity index (χ2n) is 4.31. The Balaban J connectivity index is 1.86. The number of carbonyl (C=O) groups excluding carboxylic acids is 1. The van der Waals surface area contributed by atoms with Crippen LogP contribution in [0.3, 0.4) is 0 Å². The van der Waals surface area contributed by atoms with Crippen LogP contribution in [0.15, 0.2) is 12.4 Å². The lowest BCUT2D eigenvalue weighted by atomic mass is 9.98. The van der Waals surface area contributed by atoms with Crippen molar-refractivity contribution in [3.05, 3.63) is 18.0 Å². The van der Waals surface area contributed by atoms with E-state index in [1.54, 1.807) is 6.20 Å². The van der Waals surface area contributed by atoms with Gasteiger partial charge in [0, 0.05) is 18.3 Å². The maximum Gasteiger partial charge on any atom is 0.224 e. The summed E-state index contributed by atoms with van der Waals surface area (Å²) in [4.78, 5) is 11.9. The summed E-state index contributed by atoms with van der Waals surface area (Å²) >= 11 is 0. The van der Waals surface area contributed by atoms with Crippen LogP contribution in [0, 0.1) is 5.92 Å². The molecule has 1 saturated heterocycles. The Morgan fingerprint density at radius 2 is 2.56 bits per heavy atom. The summed E-state index contributed by atoms with van der Waals surface area (Å²) in [5.74, 6) is 0.254. The number of hydrogen-bond acceptors (Lipinski definition) is 3. The van der Waals surface area contributed by atoms with E-state index in [1.165, 1.54) is 0 Å².